The standard InChI is InChI=1S/C59H38N8O/c1-3-17-41(18-4-1)59(42-19-5-2-6-20-42)45-21-7-9-23-47(45)64(48-24-10-8-22-46(48)59)43-35-31-39(32-36-43)55-60-62-57-58-63-61-56(67(58)50-26-12-11-25-49(50)66(55)57)40-33-37-44(38-34-40)65-51-27-13-15-29-53(51)68-54-30-16-14-28-52(54)65/h1-38H. The van der Waals surface area contributed by atoms with Crippen LogP contribution in [0.5, 0.6) is 11.5 Å². The third-order valence-electron chi connectivity index (χ3n) is 13.6. The average Bonchev–Trinajstić information content (AvgIpc) is 4.07. The van der Waals surface area contributed by atoms with Gasteiger partial charge in [0, 0.05) is 22.5 Å². The molecule has 0 amide bonds. The lowest BCUT2D eigenvalue weighted by atomic mass is 9.62. The first-order chi connectivity index (χ1) is 33.8. The highest BCUT2D eigenvalue weighted by Gasteiger charge is 2.46. The second-order valence-electron chi connectivity index (χ2n) is 17.2. The van der Waals surface area contributed by atoms with Crippen LogP contribution >= 0.6 is 0 Å². The van der Waals surface area contributed by atoms with E-state index in [2.05, 4.69) is 201 Å². The Hall–Kier alpha value is -9.34. The molecule has 2 aliphatic heterocycles. The van der Waals surface area contributed by atoms with Gasteiger partial charge in [0.25, 0.3) is 0 Å². The molecular weight excluding hydrogens is 837 g/mol. The molecule has 0 N–H and O–H groups in total. The van der Waals surface area contributed by atoms with Crippen molar-refractivity contribution in [3.8, 4) is 34.3 Å². The summed E-state index contributed by atoms with van der Waals surface area (Å²) in [6.45, 7) is 0. The van der Waals surface area contributed by atoms with Crippen molar-refractivity contribution in [3.63, 3.8) is 0 Å². The van der Waals surface area contributed by atoms with Crippen molar-refractivity contribution in [2.75, 3.05) is 9.80 Å². The molecule has 9 nitrogen and oxygen atoms in total. The highest BCUT2D eigenvalue weighted by Crippen LogP contribution is 2.58. The number of fused-ring (bicyclic) bond motifs is 10. The Morgan fingerprint density at radius 1 is 0.324 bits per heavy atom. The first-order valence-corrected chi connectivity index (χ1v) is 22.7. The van der Waals surface area contributed by atoms with Crippen LogP contribution in [0.1, 0.15) is 22.3 Å². The van der Waals surface area contributed by atoms with Crippen molar-refractivity contribution in [2.45, 2.75) is 5.41 Å². The molecule has 12 aromatic rings. The van der Waals surface area contributed by atoms with E-state index in [0.717, 1.165) is 73.6 Å². The maximum Gasteiger partial charge on any atom is 0.207 e. The molecule has 0 atom stereocenters. The molecule has 320 valence electrons. The highest BCUT2D eigenvalue weighted by atomic mass is 16.5. The molecule has 14 rings (SSSR count). The van der Waals surface area contributed by atoms with Crippen molar-refractivity contribution < 1.29 is 4.74 Å². The molecule has 0 aliphatic carbocycles. The van der Waals surface area contributed by atoms with Crippen molar-refractivity contribution in [3.05, 3.63) is 253 Å². The number of nitrogens with zero attached hydrogens (tertiary/aromatic N) is 8. The van der Waals surface area contributed by atoms with Crippen molar-refractivity contribution in [2.24, 2.45) is 0 Å². The van der Waals surface area contributed by atoms with Crippen molar-refractivity contribution in [1.29, 1.82) is 0 Å². The Labute approximate surface area is 391 Å². The zero-order chi connectivity index (χ0) is 44.8. The predicted molar refractivity (Wildman–Crippen MR) is 269 cm³/mol. The minimum absolute atomic E-state index is 0.535. The lowest BCUT2D eigenvalue weighted by molar-refractivity contribution is 0.477. The Bertz CT molecular complexity index is 3770. The zero-order valence-electron chi connectivity index (χ0n) is 36.4. The van der Waals surface area contributed by atoms with Gasteiger partial charge in [0.2, 0.25) is 11.3 Å². The zero-order valence-corrected chi connectivity index (χ0v) is 36.4. The molecule has 0 bridgehead atoms. The Morgan fingerprint density at radius 2 is 0.691 bits per heavy atom. The SMILES string of the molecule is c1ccc(C2(c3ccccc3)c3ccccc3N(c3ccc(-c4nnc5c6nnc(-c7ccc(N8c9ccccc9Oc9ccccc98)cc7)n6c6ccccc6n45)cc3)c3ccccc32)cc1. The van der Waals surface area contributed by atoms with Gasteiger partial charge in [-0.2, -0.15) is 0 Å². The monoisotopic (exact) mass is 874 g/mol. The van der Waals surface area contributed by atoms with Crippen LogP contribution in [0.2, 0.25) is 0 Å². The minimum atomic E-state index is -0.535. The number of hydrogen-bond acceptors (Lipinski definition) is 7. The Balaban J connectivity index is 0.862. The molecular formula is C59H38N8O. The van der Waals surface area contributed by atoms with Gasteiger partial charge in [-0.05, 0) is 119 Å². The number of rotatable bonds is 6. The van der Waals surface area contributed by atoms with Crippen LogP contribution in [0.4, 0.5) is 34.1 Å². The maximum absolute atomic E-state index is 6.27. The van der Waals surface area contributed by atoms with Gasteiger partial charge < -0.3 is 14.5 Å². The maximum atomic E-state index is 6.27. The van der Waals surface area contributed by atoms with Gasteiger partial charge in [-0.25, -0.2) is 0 Å². The fraction of sp³-hybridized carbons (Fsp3) is 0.0169. The van der Waals surface area contributed by atoms with Gasteiger partial charge in [0.05, 0.1) is 39.2 Å². The normalized spacial score (nSPS) is 13.5. The second kappa shape index (κ2) is 14.8. The largest absolute Gasteiger partial charge is 0.453 e. The number of aromatic nitrogens is 6. The van der Waals surface area contributed by atoms with Crippen LogP contribution < -0.4 is 14.5 Å². The number of benzene rings is 9. The summed E-state index contributed by atoms with van der Waals surface area (Å²) in [5, 5.41) is 19.2. The molecule has 0 unspecified atom stereocenters. The molecule has 5 heterocycles. The summed E-state index contributed by atoms with van der Waals surface area (Å²) in [4.78, 5) is 4.62. The quantitative estimate of drug-likeness (QED) is 0.165. The van der Waals surface area contributed by atoms with Crippen molar-refractivity contribution in [1.82, 2.24) is 29.2 Å². The summed E-state index contributed by atoms with van der Waals surface area (Å²) < 4.78 is 10.5. The van der Waals surface area contributed by atoms with Gasteiger partial charge >= 0.3 is 0 Å². The van der Waals surface area contributed by atoms with Crippen LogP contribution in [0, 0.1) is 0 Å². The van der Waals surface area contributed by atoms with Gasteiger partial charge in [0.15, 0.2) is 23.1 Å². The van der Waals surface area contributed by atoms with E-state index in [4.69, 9.17) is 25.1 Å². The van der Waals surface area contributed by atoms with Crippen LogP contribution in [-0.4, -0.2) is 29.2 Å². The molecule has 9 heteroatoms. The summed E-state index contributed by atoms with van der Waals surface area (Å²) in [5.41, 5.74) is 15.6. The fourth-order valence-corrected chi connectivity index (χ4v) is 10.7. The molecule has 0 saturated heterocycles. The second-order valence-corrected chi connectivity index (χ2v) is 17.2. The van der Waals surface area contributed by atoms with Crippen molar-refractivity contribution >= 4 is 56.5 Å². The van der Waals surface area contributed by atoms with E-state index >= 15 is 0 Å². The van der Waals surface area contributed by atoms with E-state index in [1.165, 1.54) is 22.3 Å². The molecule has 68 heavy (non-hydrogen) atoms. The van der Waals surface area contributed by atoms with E-state index in [1.807, 2.05) is 48.5 Å². The highest BCUT2D eigenvalue weighted by molar-refractivity contribution is 5.92. The van der Waals surface area contributed by atoms with E-state index in [-0.39, 0.29) is 0 Å². The summed E-state index contributed by atoms with van der Waals surface area (Å²) >= 11 is 0. The van der Waals surface area contributed by atoms with Crippen LogP contribution in [-0.2, 0) is 5.41 Å². The Kier molecular flexibility index (Phi) is 8.29. The van der Waals surface area contributed by atoms with Crippen LogP contribution in [0.15, 0.2) is 231 Å². The van der Waals surface area contributed by atoms with Crippen LogP contribution in [0.3, 0.4) is 0 Å². The molecule has 2 aliphatic rings. The molecule has 0 spiro atoms. The van der Waals surface area contributed by atoms with E-state index in [0.29, 0.717) is 17.1 Å². The first-order valence-electron chi connectivity index (χ1n) is 22.7. The lowest BCUT2D eigenvalue weighted by Gasteiger charge is -2.46. The molecule has 0 saturated carbocycles. The topological polar surface area (TPSA) is 76.1 Å². The van der Waals surface area contributed by atoms with Gasteiger partial charge in [-0.15, -0.1) is 20.4 Å². The molecule has 9 aromatic carbocycles. The van der Waals surface area contributed by atoms with Gasteiger partial charge in [0.1, 0.15) is 0 Å². The lowest BCUT2D eigenvalue weighted by Crippen LogP contribution is -2.37. The minimum Gasteiger partial charge on any atom is -0.453 e. The first kappa shape index (κ1) is 38.0. The Morgan fingerprint density at radius 3 is 1.15 bits per heavy atom. The third kappa shape index (κ3) is 5.44. The van der Waals surface area contributed by atoms with E-state index in [9.17, 15) is 0 Å². The smallest absolute Gasteiger partial charge is 0.207 e. The fourth-order valence-electron chi connectivity index (χ4n) is 10.7. The number of hydrogen-bond donors (Lipinski definition) is 0. The average molecular weight is 875 g/mol. The molecule has 0 radical (unpaired) electrons. The number of anilines is 6. The molecule has 0 fully saturated rings. The number of ether oxygens (including phenoxy) is 1. The molecule has 3 aromatic heterocycles. The summed E-state index contributed by atoms with van der Waals surface area (Å²) in [6, 6.07) is 81.1. The summed E-state index contributed by atoms with van der Waals surface area (Å²) in [5.74, 6) is 3.06. The van der Waals surface area contributed by atoms with Crippen LogP contribution in [0.25, 0.3) is 45.1 Å². The summed E-state index contributed by atoms with van der Waals surface area (Å²) in [6.07, 6.45) is 0. The third-order valence-corrected chi connectivity index (χ3v) is 13.6. The predicted octanol–water partition coefficient (Wildman–Crippen LogP) is 14.0. The summed E-state index contributed by atoms with van der Waals surface area (Å²) in [7, 11) is 0. The van der Waals surface area contributed by atoms with E-state index in [1.54, 1.807) is 0 Å². The van der Waals surface area contributed by atoms with Gasteiger partial charge in [-0.3, -0.25) is 8.80 Å². The number of para-hydroxylation sites is 8. The van der Waals surface area contributed by atoms with E-state index < -0.39 is 5.41 Å². The van der Waals surface area contributed by atoms with Gasteiger partial charge in [-0.1, -0.05) is 133 Å².